The highest BCUT2D eigenvalue weighted by Gasteiger charge is 2.46. The van der Waals surface area contributed by atoms with Crippen LogP contribution in [0.4, 0.5) is 9.93 Å². The maximum absolute atomic E-state index is 16.1. The number of fused-ring (bicyclic) bond motifs is 1. The third-order valence-electron chi connectivity index (χ3n) is 10.9. The van der Waals surface area contributed by atoms with E-state index >= 15 is 16.8 Å². The van der Waals surface area contributed by atoms with Crippen LogP contribution in [0.25, 0.3) is 32.7 Å². The van der Waals surface area contributed by atoms with Crippen molar-refractivity contribution in [2.24, 2.45) is 0 Å². The Bertz CT molecular complexity index is 3060. The summed E-state index contributed by atoms with van der Waals surface area (Å²) < 4.78 is 86.1. The van der Waals surface area contributed by atoms with Gasteiger partial charge >= 0.3 is 6.09 Å². The van der Waals surface area contributed by atoms with Gasteiger partial charge in [0.2, 0.25) is 15.8 Å². The molecule has 0 atom stereocenters. The van der Waals surface area contributed by atoms with Gasteiger partial charge in [0, 0.05) is 31.7 Å². The minimum absolute atomic E-state index is 0.117. The zero-order chi connectivity index (χ0) is 47.0. The molecule has 3 heterocycles. The SMILES string of the molecule is COc1ccc(CN(Cc2ccc(OC)cc2)S(=O)(=O)c2c(S(=O)(=O)C3CN(C(=O)OC(C)(C)C)C3)ccc(-c3cccc4sc(N)nc34)c2-c2nnn(Cc3ccc(OC)cc3)n2)cc1. The number of nitrogens with two attached hydrogens (primary N) is 1. The number of hydrogen-bond donors (Lipinski definition) is 1. The third kappa shape index (κ3) is 9.53. The number of para-hydroxylation sites is 1. The van der Waals surface area contributed by atoms with E-state index in [1.165, 1.54) is 51.7 Å². The van der Waals surface area contributed by atoms with Gasteiger partial charge in [-0.2, -0.15) is 9.10 Å². The lowest BCUT2D eigenvalue weighted by atomic mass is 9.98. The predicted octanol–water partition coefficient (Wildman–Crippen LogP) is 7.06. The molecule has 0 unspecified atom stereocenters. The summed E-state index contributed by atoms with van der Waals surface area (Å²) in [7, 11) is -4.85. The van der Waals surface area contributed by atoms with E-state index in [1.54, 1.807) is 101 Å². The van der Waals surface area contributed by atoms with Crippen LogP contribution in [0.15, 0.2) is 113 Å². The Balaban J connectivity index is 1.37. The van der Waals surface area contributed by atoms with Crippen LogP contribution in [0.1, 0.15) is 37.5 Å². The van der Waals surface area contributed by atoms with E-state index in [9.17, 15) is 4.79 Å². The molecule has 5 aromatic carbocycles. The number of methoxy groups -OCH3 is 3. The molecule has 0 aliphatic carbocycles. The van der Waals surface area contributed by atoms with Crippen LogP contribution >= 0.6 is 11.3 Å². The lowest BCUT2D eigenvalue weighted by Crippen LogP contribution is -2.57. The summed E-state index contributed by atoms with van der Waals surface area (Å²) in [6, 6.07) is 29.3. The number of aromatic nitrogens is 5. The van der Waals surface area contributed by atoms with Gasteiger partial charge in [-0.25, -0.2) is 26.6 Å². The van der Waals surface area contributed by atoms with E-state index < -0.39 is 46.6 Å². The van der Waals surface area contributed by atoms with E-state index in [0.717, 1.165) is 5.56 Å². The molecule has 8 rings (SSSR count). The van der Waals surface area contributed by atoms with Crippen molar-refractivity contribution >= 4 is 52.6 Å². The van der Waals surface area contributed by atoms with Crippen molar-refractivity contribution in [1.82, 2.24) is 34.4 Å². The first-order valence-corrected chi connectivity index (χ1v) is 24.5. The second-order valence-corrected chi connectivity index (χ2v) is 21.7. The first-order chi connectivity index (χ1) is 31.5. The molecular formula is C46H48N8O9S3. The van der Waals surface area contributed by atoms with Crippen LogP contribution in [-0.4, -0.2) is 103 Å². The summed E-state index contributed by atoms with van der Waals surface area (Å²) in [6.45, 7) is 4.43. The van der Waals surface area contributed by atoms with Crippen LogP contribution in [0.5, 0.6) is 17.2 Å². The fourth-order valence-electron chi connectivity index (χ4n) is 7.49. The fraction of sp³-hybridized carbons (Fsp3) is 0.283. The number of amides is 1. The number of ether oxygens (including phenoxy) is 4. The summed E-state index contributed by atoms with van der Waals surface area (Å²) in [6.07, 6.45) is -0.684. The van der Waals surface area contributed by atoms with E-state index in [0.29, 0.717) is 44.2 Å². The highest BCUT2D eigenvalue weighted by atomic mass is 32.2. The van der Waals surface area contributed by atoms with E-state index in [2.05, 4.69) is 15.3 Å². The number of hydrogen-bond acceptors (Lipinski definition) is 15. The highest BCUT2D eigenvalue weighted by Crippen LogP contribution is 2.45. The van der Waals surface area contributed by atoms with Gasteiger partial charge < -0.3 is 29.6 Å². The number of carbonyl (C=O) groups is 1. The first kappa shape index (κ1) is 45.9. The monoisotopic (exact) mass is 952 g/mol. The maximum Gasteiger partial charge on any atom is 0.410 e. The minimum atomic E-state index is -4.92. The van der Waals surface area contributed by atoms with Crippen LogP contribution < -0.4 is 19.9 Å². The van der Waals surface area contributed by atoms with Crippen molar-refractivity contribution in [3.8, 4) is 39.8 Å². The first-order valence-electron chi connectivity index (χ1n) is 20.7. The Morgan fingerprint density at radius 1 is 0.773 bits per heavy atom. The number of anilines is 1. The summed E-state index contributed by atoms with van der Waals surface area (Å²) in [5, 5.41) is 12.6. The molecule has 1 fully saturated rings. The zero-order valence-electron chi connectivity index (χ0n) is 37.0. The van der Waals surface area contributed by atoms with Crippen LogP contribution in [0.2, 0.25) is 0 Å². The van der Waals surface area contributed by atoms with Gasteiger partial charge in [-0.3, -0.25) is 0 Å². The lowest BCUT2D eigenvalue weighted by Gasteiger charge is -2.39. The molecule has 1 saturated heterocycles. The number of sulfonamides is 1. The second-order valence-electron chi connectivity index (χ2n) is 16.5. The number of likely N-dealkylation sites (tertiary alicyclic amines) is 1. The number of benzene rings is 5. The van der Waals surface area contributed by atoms with Crippen molar-refractivity contribution < 1.29 is 40.6 Å². The molecule has 344 valence electrons. The molecule has 0 spiro atoms. The van der Waals surface area contributed by atoms with Crippen molar-refractivity contribution in [3.63, 3.8) is 0 Å². The summed E-state index contributed by atoms with van der Waals surface area (Å²) in [4.78, 5) is 19.2. The van der Waals surface area contributed by atoms with Crippen molar-refractivity contribution in [3.05, 3.63) is 120 Å². The molecular weight excluding hydrogens is 905 g/mol. The normalized spacial score (nSPS) is 13.5. The van der Waals surface area contributed by atoms with Crippen LogP contribution in [-0.2, 0) is 44.2 Å². The topological polar surface area (TPSA) is 211 Å². The average Bonchev–Trinajstić information content (AvgIpc) is 3.90. The van der Waals surface area contributed by atoms with Gasteiger partial charge in [0.05, 0.1) is 48.5 Å². The summed E-state index contributed by atoms with van der Waals surface area (Å²) in [5.41, 5.74) is 8.45. The molecule has 1 amide bonds. The maximum atomic E-state index is 16.1. The zero-order valence-corrected chi connectivity index (χ0v) is 39.5. The molecule has 7 aromatic rings. The number of rotatable bonds is 15. The molecule has 66 heavy (non-hydrogen) atoms. The Labute approximate surface area is 386 Å². The lowest BCUT2D eigenvalue weighted by molar-refractivity contribution is 0.0139. The molecule has 2 N–H and O–H groups in total. The number of tetrazole rings is 1. The molecule has 1 aliphatic rings. The molecule has 2 aromatic heterocycles. The number of carbonyl (C=O) groups excluding carboxylic acids is 1. The predicted molar refractivity (Wildman–Crippen MR) is 250 cm³/mol. The quantitative estimate of drug-likeness (QED) is 0.109. The van der Waals surface area contributed by atoms with Gasteiger partial charge in [-0.05, 0) is 96.8 Å². The van der Waals surface area contributed by atoms with E-state index in [-0.39, 0.29) is 54.8 Å². The van der Waals surface area contributed by atoms with E-state index in [4.69, 9.17) is 29.8 Å². The number of nitrogens with zero attached hydrogens (tertiary/aromatic N) is 7. The largest absolute Gasteiger partial charge is 0.497 e. The molecule has 1 aliphatic heterocycles. The Morgan fingerprint density at radius 2 is 1.33 bits per heavy atom. The molecule has 20 heteroatoms. The molecule has 0 saturated carbocycles. The standard InChI is InChI=1S/C46H48N8O9S3/c1-46(2,3)63-45(55)52-27-35(28-52)65(56,57)39-23-22-36(37-8-7-9-38-41(37)48-44(47)64-38)40(43-49-51-54(50-43)26-31-14-20-34(62-6)21-15-31)42(39)66(58,59)53(24-29-10-16-32(60-4)17-11-29)25-30-12-18-33(61-5)19-13-30/h7-23,35H,24-28H2,1-6H3,(H2,47,48). The van der Waals surface area contributed by atoms with Gasteiger partial charge in [0.1, 0.15) is 33.0 Å². The van der Waals surface area contributed by atoms with Crippen molar-refractivity contribution in [2.45, 2.75) is 61.0 Å². The van der Waals surface area contributed by atoms with Crippen LogP contribution in [0.3, 0.4) is 0 Å². The molecule has 17 nitrogen and oxygen atoms in total. The van der Waals surface area contributed by atoms with Crippen molar-refractivity contribution in [1.29, 1.82) is 0 Å². The number of nitrogen functional groups attached to an aromatic ring is 1. The second kappa shape index (κ2) is 18.3. The van der Waals surface area contributed by atoms with Crippen molar-refractivity contribution in [2.75, 3.05) is 40.2 Å². The van der Waals surface area contributed by atoms with Gasteiger partial charge in [-0.1, -0.05) is 65.9 Å². The Kier molecular flexibility index (Phi) is 12.8. The Hall–Kier alpha value is -6.61. The van der Waals surface area contributed by atoms with Gasteiger partial charge in [-0.15, -0.1) is 10.2 Å². The van der Waals surface area contributed by atoms with E-state index in [1.807, 2.05) is 18.2 Å². The summed E-state index contributed by atoms with van der Waals surface area (Å²) in [5.74, 6) is 1.61. The summed E-state index contributed by atoms with van der Waals surface area (Å²) >= 11 is 1.25. The number of thiazole rings is 1. The molecule has 0 bridgehead atoms. The number of sulfone groups is 1. The van der Waals surface area contributed by atoms with Crippen LogP contribution in [0, 0.1) is 0 Å². The average molecular weight is 953 g/mol. The highest BCUT2D eigenvalue weighted by molar-refractivity contribution is 7.94. The van der Waals surface area contributed by atoms with Gasteiger partial charge in [0.15, 0.2) is 15.0 Å². The molecule has 0 radical (unpaired) electrons. The minimum Gasteiger partial charge on any atom is -0.497 e. The third-order valence-corrected chi connectivity index (χ3v) is 15.9. The van der Waals surface area contributed by atoms with Gasteiger partial charge in [0.25, 0.3) is 0 Å². The smallest absolute Gasteiger partial charge is 0.410 e. The fourth-order valence-corrected chi connectivity index (χ4v) is 12.3. The Morgan fingerprint density at radius 3 is 1.88 bits per heavy atom.